The van der Waals surface area contributed by atoms with E-state index in [1.54, 1.807) is 24.3 Å². The number of carbonyl (C=O) groups is 1. The third-order valence-electron chi connectivity index (χ3n) is 3.73. The summed E-state index contributed by atoms with van der Waals surface area (Å²) in [7, 11) is 0. The van der Waals surface area contributed by atoms with Gasteiger partial charge in [-0.05, 0) is 17.7 Å². The molecule has 0 amide bonds. The third kappa shape index (κ3) is 2.49. The van der Waals surface area contributed by atoms with Crippen molar-refractivity contribution in [1.82, 2.24) is 5.43 Å². The van der Waals surface area contributed by atoms with Crippen LogP contribution in [0.25, 0.3) is 0 Å². The summed E-state index contributed by atoms with van der Waals surface area (Å²) >= 11 is 6.05. The highest BCUT2D eigenvalue weighted by Gasteiger charge is 2.40. The van der Waals surface area contributed by atoms with Crippen molar-refractivity contribution in [1.29, 1.82) is 0 Å². The Bertz CT molecular complexity index is 804. The van der Waals surface area contributed by atoms with E-state index in [1.165, 1.54) is 12.3 Å². The first kappa shape index (κ1) is 15.6. The summed E-state index contributed by atoms with van der Waals surface area (Å²) in [5, 5.41) is 3.78. The van der Waals surface area contributed by atoms with Crippen LogP contribution in [0.5, 0.6) is 0 Å². The van der Waals surface area contributed by atoms with E-state index < -0.39 is 17.3 Å². The lowest BCUT2D eigenvalue weighted by Gasteiger charge is -2.33. The van der Waals surface area contributed by atoms with Gasteiger partial charge in [0.2, 0.25) is 0 Å². The predicted octanol–water partition coefficient (Wildman–Crippen LogP) is 3.74. The maximum atomic E-state index is 12.8. The molecule has 0 saturated heterocycles. The number of hydrazone groups is 1. The van der Waals surface area contributed by atoms with Gasteiger partial charge in [-0.1, -0.05) is 41.9 Å². The topological polar surface area (TPSA) is 41.5 Å². The van der Waals surface area contributed by atoms with Gasteiger partial charge in [-0.15, -0.1) is 0 Å². The maximum absolute atomic E-state index is 12.8. The van der Waals surface area contributed by atoms with Gasteiger partial charge in [0.15, 0.2) is 11.8 Å². The van der Waals surface area contributed by atoms with Crippen molar-refractivity contribution in [2.75, 3.05) is 0 Å². The molecule has 0 radical (unpaired) electrons. The van der Waals surface area contributed by atoms with Crippen LogP contribution in [0.4, 0.5) is 13.2 Å². The number of nitrogens with zero attached hydrogens (tertiary/aromatic N) is 1. The summed E-state index contributed by atoms with van der Waals surface area (Å²) in [4.78, 5) is 11.9. The number of rotatable bonds is 2. The fourth-order valence-corrected chi connectivity index (χ4v) is 2.93. The Balaban J connectivity index is 2.20. The zero-order valence-corrected chi connectivity index (χ0v) is 12.3. The molecule has 1 N–H and O–H groups in total. The van der Waals surface area contributed by atoms with Crippen LogP contribution in [-0.4, -0.2) is 12.5 Å². The lowest BCUT2D eigenvalue weighted by Crippen LogP contribution is -2.45. The lowest BCUT2D eigenvalue weighted by atomic mass is 9.81. The number of hydrogen-bond donors (Lipinski definition) is 1. The van der Waals surface area contributed by atoms with Crippen LogP contribution in [0.1, 0.15) is 22.3 Å². The quantitative estimate of drug-likeness (QED) is 0.848. The van der Waals surface area contributed by atoms with Crippen molar-refractivity contribution in [3.8, 4) is 0 Å². The molecule has 2 aromatic carbocycles. The summed E-state index contributed by atoms with van der Waals surface area (Å²) in [6, 6.07) is 9.88. The number of fused-ring (bicyclic) bond motifs is 1. The van der Waals surface area contributed by atoms with Crippen LogP contribution in [-0.2, 0) is 16.5 Å². The molecule has 0 saturated carbocycles. The van der Waals surface area contributed by atoms with E-state index in [0.29, 0.717) is 17.4 Å². The second-order valence-corrected chi connectivity index (χ2v) is 5.48. The number of halogens is 4. The SMILES string of the molecule is O=CC1(c2ccc(C(F)(F)F)cc2Cl)NN=Cc2ccccc21. The van der Waals surface area contributed by atoms with Crippen LogP contribution in [0.3, 0.4) is 0 Å². The fourth-order valence-electron chi connectivity index (χ4n) is 2.60. The van der Waals surface area contributed by atoms with Crippen molar-refractivity contribution in [3.05, 3.63) is 69.7 Å². The Hall–Kier alpha value is -2.34. The molecule has 0 aliphatic carbocycles. The zero-order valence-electron chi connectivity index (χ0n) is 11.6. The number of benzene rings is 2. The number of carbonyl (C=O) groups excluding carboxylic acids is 1. The Morgan fingerprint density at radius 3 is 2.52 bits per heavy atom. The number of nitrogens with one attached hydrogen (secondary N) is 1. The minimum Gasteiger partial charge on any atom is -0.300 e. The molecule has 7 heteroatoms. The van der Waals surface area contributed by atoms with E-state index in [1.807, 2.05) is 0 Å². The molecule has 23 heavy (non-hydrogen) atoms. The van der Waals surface area contributed by atoms with Gasteiger partial charge < -0.3 is 0 Å². The Morgan fingerprint density at radius 1 is 1.13 bits per heavy atom. The molecule has 2 aromatic rings. The summed E-state index contributed by atoms with van der Waals surface area (Å²) in [5.74, 6) is 0. The molecule has 118 valence electrons. The average molecular weight is 339 g/mol. The summed E-state index contributed by atoms with van der Waals surface area (Å²) < 4.78 is 38.4. The lowest BCUT2D eigenvalue weighted by molar-refractivity contribution is -0.137. The molecule has 0 fully saturated rings. The van der Waals surface area contributed by atoms with E-state index in [2.05, 4.69) is 10.5 Å². The molecule has 0 bridgehead atoms. The van der Waals surface area contributed by atoms with Crippen molar-refractivity contribution in [2.45, 2.75) is 11.7 Å². The summed E-state index contributed by atoms with van der Waals surface area (Å²) in [6.45, 7) is 0. The van der Waals surface area contributed by atoms with Gasteiger partial charge in [-0.2, -0.15) is 18.3 Å². The van der Waals surface area contributed by atoms with Gasteiger partial charge in [0, 0.05) is 16.1 Å². The van der Waals surface area contributed by atoms with E-state index in [-0.39, 0.29) is 10.6 Å². The first-order valence-corrected chi connectivity index (χ1v) is 6.99. The van der Waals surface area contributed by atoms with Crippen LogP contribution < -0.4 is 5.43 Å². The van der Waals surface area contributed by atoms with Crippen LogP contribution in [0, 0.1) is 0 Å². The average Bonchev–Trinajstić information content (AvgIpc) is 2.53. The normalized spacial score (nSPS) is 19.8. The van der Waals surface area contributed by atoms with Crippen molar-refractivity contribution >= 4 is 24.1 Å². The van der Waals surface area contributed by atoms with E-state index in [4.69, 9.17) is 11.6 Å². The standard InChI is InChI=1S/C16H10ClF3N2O/c17-14-7-11(16(18,19)20)5-6-13(14)15(9-23)12-4-2-1-3-10(12)8-21-22-15/h1-9,22H. The highest BCUT2D eigenvalue weighted by molar-refractivity contribution is 6.31. The van der Waals surface area contributed by atoms with Crippen molar-refractivity contribution in [3.63, 3.8) is 0 Å². The van der Waals surface area contributed by atoms with Crippen molar-refractivity contribution < 1.29 is 18.0 Å². The molecule has 1 unspecified atom stereocenters. The molecule has 1 heterocycles. The molecule has 3 rings (SSSR count). The largest absolute Gasteiger partial charge is 0.416 e. The van der Waals surface area contributed by atoms with Gasteiger partial charge in [0.1, 0.15) is 0 Å². The van der Waals surface area contributed by atoms with Crippen LogP contribution in [0.2, 0.25) is 5.02 Å². The van der Waals surface area contributed by atoms with E-state index in [0.717, 1.165) is 12.1 Å². The molecule has 3 nitrogen and oxygen atoms in total. The van der Waals surface area contributed by atoms with Crippen molar-refractivity contribution in [2.24, 2.45) is 5.10 Å². The second-order valence-electron chi connectivity index (χ2n) is 5.08. The van der Waals surface area contributed by atoms with Crippen LogP contribution >= 0.6 is 11.6 Å². The highest BCUT2D eigenvalue weighted by atomic mass is 35.5. The van der Waals surface area contributed by atoms with Gasteiger partial charge in [-0.3, -0.25) is 10.2 Å². The first-order chi connectivity index (χ1) is 10.9. The Morgan fingerprint density at radius 2 is 1.87 bits per heavy atom. The minimum atomic E-state index is -4.51. The summed E-state index contributed by atoms with van der Waals surface area (Å²) in [6.07, 6.45) is -2.38. The van der Waals surface area contributed by atoms with E-state index in [9.17, 15) is 18.0 Å². The molecule has 0 aromatic heterocycles. The van der Waals surface area contributed by atoms with Crippen LogP contribution in [0.15, 0.2) is 47.6 Å². The van der Waals surface area contributed by atoms with Gasteiger partial charge in [-0.25, -0.2) is 0 Å². The third-order valence-corrected chi connectivity index (χ3v) is 4.04. The Labute approximate surface area is 134 Å². The Kier molecular flexibility index (Phi) is 3.64. The highest BCUT2D eigenvalue weighted by Crippen LogP contribution is 2.39. The zero-order chi connectivity index (χ0) is 16.7. The fraction of sp³-hybridized carbons (Fsp3) is 0.125. The number of alkyl halides is 3. The second kappa shape index (κ2) is 5.38. The molecule has 1 atom stereocenters. The monoisotopic (exact) mass is 338 g/mol. The van der Waals surface area contributed by atoms with Gasteiger partial charge >= 0.3 is 6.18 Å². The predicted molar refractivity (Wildman–Crippen MR) is 80.5 cm³/mol. The molecule has 1 aliphatic rings. The molecule has 0 spiro atoms. The number of hydrogen-bond acceptors (Lipinski definition) is 3. The molecule has 1 aliphatic heterocycles. The summed E-state index contributed by atoms with van der Waals surface area (Å²) in [5.41, 5.74) is 1.87. The smallest absolute Gasteiger partial charge is 0.300 e. The molecular weight excluding hydrogens is 329 g/mol. The van der Waals surface area contributed by atoms with E-state index >= 15 is 0 Å². The number of aldehydes is 1. The minimum absolute atomic E-state index is 0.161. The van der Waals surface area contributed by atoms with Gasteiger partial charge in [0.25, 0.3) is 0 Å². The maximum Gasteiger partial charge on any atom is 0.416 e. The van der Waals surface area contributed by atoms with Gasteiger partial charge in [0.05, 0.1) is 11.8 Å². The molecular formula is C16H10ClF3N2O. The first-order valence-electron chi connectivity index (χ1n) is 6.62.